The Labute approximate surface area is 147 Å². The number of anilines is 1. The number of aromatic nitrogens is 2. The molecule has 0 radical (unpaired) electrons. The van der Waals surface area contributed by atoms with Crippen LogP contribution in [-0.2, 0) is 0 Å². The van der Waals surface area contributed by atoms with Gasteiger partial charge in [-0.3, -0.25) is 4.79 Å². The second-order valence-corrected chi connectivity index (χ2v) is 5.75. The number of amides is 1. The van der Waals surface area contributed by atoms with Gasteiger partial charge in [0, 0.05) is 25.5 Å². The molecule has 25 heavy (non-hydrogen) atoms. The van der Waals surface area contributed by atoms with E-state index in [0.29, 0.717) is 24.7 Å². The Kier molecular flexibility index (Phi) is 5.66. The molecule has 132 valence electrons. The van der Waals surface area contributed by atoms with Gasteiger partial charge in [0.15, 0.2) is 0 Å². The predicted octanol–water partition coefficient (Wildman–Crippen LogP) is 2.21. The fraction of sp³-hybridized carbons (Fsp3) is 0.389. The van der Waals surface area contributed by atoms with Crippen molar-refractivity contribution in [3.63, 3.8) is 0 Å². The Bertz CT molecular complexity index is 682. The van der Waals surface area contributed by atoms with Crippen LogP contribution >= 0.6 is 0 Å². The average Bonchev–Trinajstić information content (AvgIpc) is 3.20. The van der Waals surface area contributed by atoms with Crippen LogP contribution in [0.25, 0.3) is 0 Å². The lowest BCUT2D eigenvalue weighted by atomic mass is 10.3. The van der Waals surface area contributed by atoms with Gasteiger partial charge in [-0.25, -0.2) is 9.97 Å². The van der Waals surface area contributed by atoms with Crippen LogP contribution in [-0.4, -0.2) is 54.1 Å². The molecule has 1 amide bonds. The van der Waals surface area contributed by atoms with E-state index in [0.717, 1.165) is 37.4 Å². The summed E-state index contributed by atoms with van der Waals surface area (Å²) in [5, 5.41) is 3.08. The number of nitrogens with one attached hydrogen (secondary N) is 1. The lowest BCUT2D eigenvalue weighted by Gasteiger charge is -2.14. The first-order chi connectivity index (χ1) is 12.3. The number of benzene rings is 1. The molecule has 7 heteroatoms. The van der Waals surface area contributed by atoms with E-state index in [9.17, 15) is 4.79 Å². The summed E-state index contributed by atoms with van der Waals surface area (Å²) in [6.07, 6.45) is 5.28. The molecule has 2 heterocycles. The maximum Gasteiger partial charge on any atom is 0.256 e. The minimum Gasteiger partial charge on any atom is -0.497 e. The number of ether oxygens (including phenoxy) is 2. The molecule has 1 saturated heterocycles. The van der Waals surface area contributed by atoms with E-state index in [1.165, 1.54) is 0 Å². The zero-order valence-corrected chi connectivity index (χ0v) is 14.3. The number of methoxy groups -OCH3 is 1. The molecule has 2 aromatic rings. The molecular formula is C18H22N4O3. The number of carbonyl (C=O) groups excluding carboxylic acids is 1. The van der Waals surface area contributed by atoms with E-state index >= 15 is 0 Å². The van der Waals surface area contributed by atoms with Crippen molar-refractivity contribution >= 4 is 11.9 Å². The van der Waals surface area contributed by atoms with E-state index in [1.807, 2.05) is 29.2 Å². The Morgan fingerprint density at radius 3 is 2.40 bits per heavy atom. The molecule has 1 fully saturated rings. The van der Waals surface area contributed by atoms with Gasteiger partial charge < -0.3 is 19.7 Å². The molecule has 1 aliphatic heterocycles. The van der Waals surface area contributed by atoms with E-state index in [-0.39, 0.29) is 5.91 Å². The molecule has 7 nitrogen and oxygen atoms in total. The lowest BCUT2D eigenvalue weighted by Crippen LogP contribution is -2.27. The predicted molar refractivity (Wildman–Crippen MR) is 94.1 cm³/mol. The van der Waals surface area contributed by atoms with E-state index in [1.54, 1.807) is 19.5 Å². The summed E-state index contributed by atoms with van der Waals surface area (Å²) in [4.78, 5) is 22.5. The monoisotopic (exact) mass is 342 g/mol. The van der Waals surface area contributed by atoms with Gasteiger partial charge in [0.1, 0.15) is 18.1 Å². The fourth-order valence-corrected chi connectivity index (χ4v) is 2.64. The number of nitrogens with zero attached hydrogens (tertiary/aromatic N) is 3. The Hall–Kier alpha value is -2.83. The third-order valence-corrected chi connectivity index (χ3v) is 4.01. The molecule has 1 aromatic heterocycles. The Morgan fingerprint density at radius 1 is 1.12 bits per heavy atom. The Balaban J connectivity index is 1.43. The smallest absolute Gasteiger partial charge is 0.256 e. The highest BCUT2D eigenvalue weighted by Gasteiger charge is 2.19. The topological polar surface area (TPSA) is 76.6 Å². The van der Waals surface area contributed by atoms with Crippen molar-refractivity contribution in [2.75, 3.05) is 38.7 Å². The summed E-state index contributed by atoms with van der Waals surface area (Å²) < 4.78 is 10.7. The second kappa shape index (κ2) is 8.32. The minimum absolute atomic E-state index is 0.00638. The quantitative estimate of drug-likeness (QED) is 0.778. The van der Waals surface area contributed by atoms with Crippen molar-refractivity contribution in [1.29, 1.82) is 0 Å². The van der Waals surface area contributed by atoms with Gasteiger partial charge in [-0.2, -0.15) is 0 Å². The lowest BCUT2D eigenvalue weighted by molar-refractivity contribution is 0.0792. The molecule has 0 saturated carbocycles. The molecule has 0 bridgehead atoms. The Morgan fingerprint density at radius 2 is 1.76 bits per heavy atom. The van der Waals surface area contributed by atoms with Crippen LogP contribution in [0, 0.1) is 0 Å². The summed E-state index contributed by atoms with van der Waals surface area (Å²) in [7, 11) is 1.63. The molecule has 0 atom stereocenters. The van der Waals surface area contributed by atoms with Gasteiger partial charge in [-0.1, -0.05) is 0 Å². The van der Waals surface area contributed by atoms with Gasteiger partial charge in [0.05, 0.1) is 19.2 Å². The van der Waals surface area contributed by atoms with Gasteiger partial charge in [0.2, 0.25) is 5.95 Å². The summed E-state index contributed by atoms with van der Waals surface area (Å²) >= 11 is 0. The van der Waals surface area contributed by atoms with Crippen molar-refractivity contribution in [1.82, 2.24) is 14.9 Å². The number of hydrogen-bond donors (Lipinski definition) is 1. The van der Waals surface area contributed by atoms with Crippen molar-refractivity contribution in [3.05, 3.63) is 42.2 Å². The maximum atomic E-state index is 12.2. The summed E-state index contributed by atoms with van der Waals surface area (Å²) in [6, 6.07) is 7.41. The van der Waals surface area contributed by atoms with Crippen molar-refractivity contribution in [2.45, 2.75) is 12.8 Å². The van der Waals surface area contributed by atoms with Crippen LogP contribution in [0.2, 0.25) is 0 Å². The first-order valence-electron chi connectivity index (χ1n) is 8.38. The summed E-state index contributed by atoms with van der Waals surface area (Å²) in [6.45, 7) is 2.68. The minimum atomic E-state index is 0.00638. The largest absolute Gasteiger partial charge is 0.497 e. The van der Waals surface area contributed by atoms with Crippen molar-refractivity contribution < 1.29 is 14.3 Å². The van der Waals surface area contributed by atoms with Crippen LogP contribution in [0.5, 0.6) is 11.5 Å². The zero-order chi connectivity index (χ0) is 17.5. The number of hydrogen-bond acceptors (Lipinski definition) is 6. The highest BCUT2D eigenvalue weighted by Crippen LogP contribution is 2.17. The van der Waals surface area contributed by atoms with Crippen LogP contribution in [0.15, 0.2) is 36.7 Å². The van der Waals surface area contributed by atoms with E-state index in [4.69, 9.17) is 9.47 Å². The van der Waals surface area contributed by atoms with Crippen LogP contribution in [0.4, 0.5) is 5.95 Å². The van der Waals surface area contributed by atoms with Gasteiger partial charge in [-0.05, 0) is 37.1 Å². The molecule has 1 N–H and O–H groups in total. The average molecular weight is 342 g/mol. The van der Waals surface area contributed by atoms with Gasteiger partial charge in [-0.15, -0.1) is 0 Å². The highest BCUT2D eigenvalue weighted by molar-refractivity contribution is 5.93. The molecule has 1 aliphatic rings. The third kappa shape index (κ3) is 4.59. The molecule has 3 rings (SSSR count). The van der Waals surface area contributed by atoms with Gasteiger partial charge in [0.25, 0.3) is 5.91 Å². The standard InChI is InChI=1S/C18H22N4O3/c1-24-15-4-6-16(7-5-15)25-11-8-19-18-20-12-14(13-21-18)17(23)22-9-2-3-10-22/h4-7,12-13H,2-3,8-11H2,1H3,(H,19,20,21). The third-order valence-electron chi connectivity index (χ3n) is 4.01. The second-order valence-electron chi connectivity index (χ2n) is 5.75. The first kappa shape index (κ1) is 17.0. The molecule has 0 spiro atoms. The van der Waals surface area contributed by atoms with Crippen molar-refractivity contribution in [3.8, 4) is 11.5 Å². The summed E-state index contributed by atoms with van der Waals surface area (Å²) in [5.41, 5.74) is 0.530. The number of rotatable bonds is 7. The summed E-state index contributed by atoms with van der Waals surface area (Å²) in [5.74, 6) is 2.06. The SMILES string of the molecule is COc1ccc(OCCNc2ncc(C(=O)N3CCCC3)cn2)cc1. The highest BCUT2D eigenvalue weighted by atomic mass is 16.5. The normalized spacial score (nSPS) is 13.6. The molecule has 0 unspecified atom stereocenters. The molecule has 0 aliphatic carbocycles. The molecule has 1 aromatic carbocycles. The number of likely N-dealkylation sites (tertiary alicyclic amines) is 1. The maximum absolute atomic E-state index is 12.2. The molecular weight excluding hydrogens is 320 g/mol. The number of carbonyl (C=O) groups is 1. The van der Waals surface area contributed by atoms with Crippen molar-refractivity contribution in [2.24, 2.45) is 0 Å². The van der Waals surface area contributed by atoms with Crippen LogP contribution < -0.4 is 14.8 Å². The van der Waals surface area contributed by atoms with E-state index in [2.05, 4.69) is 15.3 Å². The van der Waals surface area contributed by atoms with E-state index < -0.39 is 0 Å². The fourth-order valence-electron chi connectivity index (χ4n) is 2.64. The first-order valence-corrected chi connectivity index (χ1v) is 8.38. The zero-order valence-electron chi connectivity index (χ0n) is 14.3. The van der Waals surface area contributed by atoms with Crippen LogP contribution in [0.3, 0.4) is 0 Å². The van der Waals surface area contributed by atoms with Gasteiger partial charge >= 0.3 is 0 Å². The van der Waals surface area contributed by atoms with Crippen LogP contribution in [0.1, 0.15) is 23.2 Å².